The highest BCUT2D eigenvalue weighted by Gasteiger charge is 2.42. The maximum Gasteiger partial charge on any atom is 0.335 e. The van der Waals surface area contributed by atoms with Crippen molar-refractivity contribution in [3.05, 3.63) is 102 Å². The first-order chi connectivity index (χ1) is 16.0. The molecule has 0 aliphatic carbocycles. The molecule has 5 rings (SSSR count). The molecule has 33 heavy (non-hydrogen) atoms. The molecule has 0 unspecified atom stereocenters. The Labute approximate surface area is 194 Å². The molecule has 7 nitrogen and oxygen atoms in total. The van der Waals surface area contributed by atoms with E-state index in [1.807, 2.05) is 35.2 Å². The molecule has 1 aliphatic heterocycles. The van der Waals surface area contributed by atoms with Gasteiger partial charge in [0.25, 0.3) is 0 Å². The molecule has 1 aliphatic rings. The van der Waals surface area contributed by atoms with Crippen LogP contribution in [0.2, 0.25) is 0 Å². The number of aromatic carboxylic acids is 1. The molecule has 1 saturated heterocycles. The second kappa shape index (κ2) is 8.40. The zero-order valence-corrected chi connectivity index (χ0v) is 18.1. The van der Waals surface area contributed by atoms with E-state index in [1.165, 1.54) is 0 Å². The number of hydrogen-bond donors (Lipinski definition) is 3. The van der Waals surface area contributed by atoms with Crippen molar-refractivity contribution in [3.8, 4) is 17.1 Å². The van der Waals surface area contributed by atoms with Crippen LogP contribution < -0.4 is 10.2 Å². The Morgan fingerprint density at radius 3 is 2.58 bits per heavy atom. The largest absolute Gasteiger partial charge is 0.508 e. The van der Waals surface area contributed by atoms with Gasteiger partial charge in [-0.3, -0.25) is 4.98 Å². The summed E-state index contributed by atoms with van der Waals surface area (Å²) in [5, 5.41) is 22.9. The Hall–Kier alpha value is -4.17. The number of benzene rings is 2. The van der Waals surface area contributed by atoms with Gasteiger partial charge in [0.2, 0.25) is 0 Å². The van der Waals surface area contributed by atoms with Gasteiger partial charge in [0.15, 0.2) is 5.11 Å². The minimum Gasteiger partial charge on any atom is -0.508 e. The van der Waals surface area contributed by atoms with E-state index in [1.54, 1.807) is 54.7 Å². The summed E-state index contributed by atoms with van der Waals surface area (Å²) < 4.78 is 6.25. The third-order valence-electron chi connectivity index (χ3n) is 5.54. The summed E-state index contributed by atoms with van der Waals surface area (Å²) in [6.07, 6.45) is 1.73. The number of anilines is 1. The number of carbonyl (C=O) groups is 1. The van der Waals surface area contributed by atoms with Crippen LogP contribution in [-0.4, -0.2) is 26.3 Å². The van der Waals surface area contributed by atoms with E-state index in [-0.39, 0.29) is 23.4 Å². The normalized spacial score (nSPS) is 17.7. The summed E-state index contributed by atoms with van der Waals surface area (Å²) in [6, 6.07) is 22.1. The smallest absolute Gasteiger partial charge is 0.335 e. The van der Waals surface area contributed by atoms with Crippen LogP contribution in [0.3, 0.4) is 0 Å². The van der Waals surface area contributed by atoms with Crippen molar-refractivity contribution in [2.24, 2.45) is 0 Å². The third-order valence-corrected chi connectivity index (χ3v) is 5.85. The number of nitrogens with zero attached hydrogens (tertiary/aromatic N) is 2. The van der Waals surface area contributed by atoms with Crippen LogP contribution in [0.5, 0.6) is 5.75 Å². The maximum absolute atomic E-state index is 11.4. The number of rotatable bonds is 5. The molecular weight excluding hydrogens is 438 g/mol. The van der Waals surface area contributed by atoms with E-state index < -0.39 is 5.97 Å². The van der Waals surface area contributed by atoms with Crippen LogP contribution in [0, 0.1) is 0 Å². The number of nitrogens with one attached hydrogen (secondary N) is 1. The Kier molecular flexibility index (Phi) is 5.27. The predicted octanol–water partition coefficient (Wildman–Crippen LogP) is 4.92. The molecule has 8 heteroatoms. The van der Waals surface area contributed by atoms with Crippen molar-refractivity contribution in [2.45, 2.75) is 12.1 Å². The van der Waals surface area contributed by atoms with Crippen molar-refractivity contribution >= 4 is 29.0 Å². The second-order valence-electron chi connectivity index (χ2n) is 7.60. The van der Waals surface area contributed by atoms with Gasteiger partial charge in [-0.25, -0.2) is 4.79 Å². The quantitative estimate of drug-likeness (QED) is 0.363. The number of carboxylic acid groups (broad SMARTS) is 1. The molecule has 3 heterocycles. The van der Waals surface area contributed by atoms with Crippen LogP contribution in [-0.2, 0) is 0 Å². The molecule has 2 atom stereocenters. The molecule has 2 aromatic heterocycles. The van der Waals surface area contributed by atoms with Gasteiger partial charge < -0.3 is 24.8 Å². The zero-order valence-electron chi connectivity index (χ0n) is 17.3. The second-order valence-corrected chi connectivity index (χ2v) is 7.99. The Morgan fingerprint density at radius 1 is 1.03 bits per heavy atom. The number of aromatic hydroxyl groups is 1. The van der Waals surface area contributed by atoms with E-state index in [9.17, 15) is 15.0 Å². The highest BCUT2D eigenvalue weighted by Crippen LogP contribution is 2.43. The molecule has 0 spiro atoms. The number of hydrogen-bond acceptors (Lipinski definition) is 5. The number of aromatic nitrogens is 1. The summed E-state index contributed by atoms with van der Waals surface area (Å²) in [7, 11) is 0. The molecule has 1 fully saturated rings. The van der Waals surface area contributed by atoms with E-state index >= 15 is 0 Å². The summed E-state index contributed by atoms with van der Waals surface area (Å²) in [5.74, 6) is 0.356. The molecule has 0 amide bonds. The lowest BCUT2D eigenvalue weighted by molar-refractivity contribution is 0.0697. The van der Waals surface area contributed by atoms with Gasteiger partial charge in [-0.15, -0.1) is 0 Å². The fraction of sp³-hybridized carbons (Fsp3) is 0.0800. The van der Waals surface area contributed by atoms with Crippen LogP contribution >= 0.6 is 12.2 Å². The van der Waals surface area contributed by atoms with Gasteiger partial charge >= 0.3 is 5.97 Å². The van der Waals surface area contributed by atoms with Gasteiger partial charge in [0.05, 0.1) is 17.3 Å². The summed E-state index contributed by atoms with van der Waals surface area (Å²) in [4.78, 5) is 17.8. The monoisotopic (exact) mass is 457 g/mol. The molecule has 3 N–H and O–H groups in total. The first kappa shape index (κ1) is 20.7. The fourth-order valence-corrected chi connectivity index (χ4v) is 4.35. The van der Waals surface area contributed by atoms with Crippen LogP contribution in [0.4, 0.5) is 5.69 Å². The number of carboxylic acids is 1. The molecule has 0 bridgehead atoms. The number of phenolic OH excluding ortho intramolecular Hbond substituents is 1. The molecule has 0 saturated carbocycles. The minimum absolute atomic E-state index is 0.160. The summed E-state index contributed by atoms with van der Waals surface area (Å²) in [5.41, 5.74) is 2.45. The first-order valence-corrected chi connectivity index (χ1v) is 10.7. The predicted molar refractivity (Wildman–Crippen MR) is 127 cm³/mol. The van der Waals surface area contributed by atoms with Gasteiger partial charge in [0, 0.05) is 17.4 Å². The Balaban J connectivity index is 1.58. The number of phenols is 1. The average Bonchev–Trinajstić information content (AvgIpc) is 3.45. The Morgan fingerprint density at radius 2 is 1.85 bits per heavy atom. The third kappa shape index (κ3) is 3.92. The molecule has 4 aromatic rings. The highest BCUT2D eigenvalue weighted by molar-refractivity contribution is 7.80. The van der Waals surface area contributed by atoms with E-state index in [2.05, 4.69) is 10.3 Å². The van der Waals surface area contributed by atoms with Gasteiger partial charge in [-0.05, 0) is 72.9 Å². The van der Waals surface area contributed by atoms with Crippen LogP contribution in [0.25, 0.3) is 11.3 Å². The van der Waals surface area contributed by atoms with Gasteiger partial charge in [-0.1, -0.05) is 18.2 Å². The van der Waals surface area contributed by atoms with Crippen molar-refractivity contribution < 1.29 is 19.4 Å². The average molecular weight is 458 g/mol. The van der Waals surface area contributed by atoms with E-state index in [0.717, 1.165) is 11.4 Å². The first-order valence-electron chi connectivity index (χ1n) is 10.2. The number of furan rings is 1. The minimum atomic E-state index is -0.998. The van der Waals surface area contributed by atoms with Crippen molar-refractivity contribution in [3.63, 3.8) is 0 Å². The molecule has 164 valence electrons. The van der Waals surface area contributed by atoms with E-state index in [0.29, 0.717) is 22.2 Å². The molecular formula is C25H19N3O4S. The number of pyridine rings is 1. The number of thiocarbonyl (C=S) groups is 1. The van der Waals surface area contributed by atoms with Gasteiger partial charge in [-0.2, -0.15) is 0 Å². The van der Waals surface area contributed by atoms with Crippen molar-refractivity contribution in [1.29, 1.82) is 0 Å². The maximum atomic E-state index is 11.4. The highest BCUT2D eigenvalue weighted by atomic mass is 32.1. The lowest BCUT2D eigenvalue weighted by Crippen LogP contribution is -2.29. The fourth-order valence-electron chi connectivity index (χ4n) is 4.01. The summed E-state index contributed by atoms with van der Waals surface area (Å²) in [6.45, 7) is 0. The zero-order chi connectivity index (χ0) is 22.9. The lowest BCUT2D eigenvalue weighted by atomic mass is 10.0. The summed E-state index contributed by atoms with van der Waals surface area (Å²) >= 11 is 5.67. The Bertz CT molecular complexity index is 1320. The SMILES string of the molecule is O=C(O)c1cccc(-c2ccc([C@@H]3[C@H](c4ccccn4)NC(=S)N3c3ccc(O)cc3)o2)c1. The van der Waals surface area contributed by atoms with Gasteiger partial charge in [0.1, 0.15) is 23.3 Å². The van der Waals surface area contributed by atoms with Crippen LogP contribution in [0.1, 0.15) is 33.9 Å². The standard InChI is InChI=1S/C25H19N3O4S/c29-18-9-7-17(8-10-18)28-23(22(27-25(28)33)19-6-1-2-13-26-19)21-12-11-20(32-21)15-4-3-5-16(14-15)24(30)31/h1-14,22-23,29H,(H,27,33)(H,30,31)/t22-,23+/m0/s1. The van der Waals surface area contributed by atoms with Crippen LogP contribution in [0.15, 0.2) is 89.5 Å². The van der Waals surface area contributed by atoms with E-state index in [4.69, 9.17) is 16.6 Å². The lowest BCUT2D eigenvalue weighted by Gasteiger charge is -2.26. The van der Waals surface area contributed by atoms with Crippen molar-refractivity contribution in [1.82, 2.24) is 10.3 Å². The molecule has 0 radical (unpaired) electrons. The topological polar surface area (TPSA) is 98.8 Å². The molecule has 2 aromatic carbocycles. The van der Waals surface area contributed by atoms with Crippen molar-refractivity contribution in [2.75, 3.05) is 4.90 Å².